The molecule has 0 amide bonds. The van der Waals surface area contributed by atoms with Gasteiger partial charge >= 0.3 is 5.97 Å². The third-order valence-corrected chi connectivity index (χ3v) is 1.89. The standard InChI is InChI=1S/C10H14N2O3/c1-2-15-10(14)8-12-6-5-11-9(12)4-3-7-13/h5-7H,2-4,8H2,1H3. The normalized spacial score (nSPS) is 9.93. The number of rotatable bonds is 6. The number of carbonyl (C=O) groups excluding carboxylic acids is 2. The second-order valence-electron chi connectivity index (χ2n) is 2.98. The number of aromatic nitrogens is 2. The van der Waals surface area contributed by atoms with Crippen molar-refractivity contribution >= 4 is 12.3 Å². The zero-order valence-electron chi connectivity index (χ0n) is 8.68. The van der Waals surface area contributed by atoms with E-state index in [1.54, 1.807) is 23.9 Å². The molecule has 0 aromatic carbocycles. The Morgan fingerprint density at radius 2 is 2.47 bits per heavy atom. The molecule has 0 saturated heterocycles. The lowest BCUT2D eigenvalue weighted by Gasteiger charge is -2.05. The fraction of sp³-hybridized carbons (Fsp3) is 0.500. The average molecular weight is 210 g/mol. The van der Waals surface area contributed by atoms with Crippen LogP contribution < -0.4 is 0 Å². The van der Waals surface area contributed by atoms with Crippen LogP contribution >= 0.6 is 0 Å². The predicted molar refractivity (Wildman–Crippen MR) is 53.2 cm³/mol. The molecule has 1 aromatic heterocycles. The van der Waals surface area contributed by atoms with E-state index in [2.05, 4.69) is 4.98 Å². The van der Waals surface area contributed by atoms with Crippen LogP contribution in [0.15, 0.2) is 12.4 Å². The van der Waals surface area contributed by atoms with Gasteiger partial charge in [0, 0.05) is 25.2 Å². The van der Waals surface area contributed by atoms with Gasteiger partial charge in [-0.15, -0.1) is 0 Å². The summed E-state index contributed by atoms with van der Waals surface area (Å²) in [7, 11) is 0. The lowest BCUT2D eigenvalue weighted by molar-refractivity contribution is -0.143. The Morgan fingerprint density at radius 1 is 1.67 bits per heavy atom. The van der Waals surface area contributed by atoms with E-state index in [0.29, 0.717) is 19.4 Å². The number of aryl methyl sites for hydroxylation is 1. The van der Waals surface area contributed by atoms with Gasteiger partial charge in [0.05, 0.1) is 6.61 Å². The fourth-order valence-corrected chi connectivity index (χ4v) is 1.25. The van der Waals surface area contributed by atoms with Crippen LogP contribution in [0.5, 0.6) is 0 Å². The fourth-order valence-electron chi connectivity index (χ4n) is 1.25. The summed E-state index contributed by atoms with van der Waals surface area (Å²) in [6.07, 6.45) is 5.12. The van der Waals surface area contributed by atoms with E-state index in [1.165, 1.54) is 0 Å². The first-order chi connectivity index (χ1) is 7.27. The van der Waals surface area contributed by atoms with Gasteiger partial charge in [0.15, 0.2) is 0 Å². The molecule has 5 heteroatoms. The van der Waals surface area contributed by atoms with E-state index < -0.39 is 0 Å². The Morgan fingerprint density at radius 3 is 3.13 bits per heavy atom. The van der Waals surface area contributed by atoms with Crippen molar-refractivity contribution in [2.45, 2.75) is 26.3 Å². The molecule has 0 radical (unpaired) electrons. The van der Waals surface area contributed by atoms with Crippen LogP contribution in [0.2, 0.25) is 0 Å². The average Bonchev–Trinajstić information content (AvgIpc) is 2.63. The Labute approximate surface area is 88.1 Å². The van der Waals surface area contributed by atoms with Crippen LogP contribution in [0, 0.1) is 0 Å². The Balaban J connectivity index is 2.56. The number of aldehydes is 1. The highest BCUT2D eigenvalue weighted by atomic mass is 16.5. The highest BCUT2D eigenvalue weighted by molar-refractivity contribution is 5.69. The summed E-state index contributed by atoms with van der Waals surface area (Å²) >= 11 is 0. The van der Waals surface area contributed by atoms with Crippen LogP contribution in [-0.2, 0) is 27.3 Å². The summed E-state index contributed by atoms with van der Waals surface area (Å²) < 4.78 is 6.51. The minimum absolute atomic E-state index is 0.155. The summed E-state index contributed by atoms with van der Waals surface area (Å²) in [5.74, 6) is 0.443. The topological polar surface area (TPSA) is 61.2 Å². The molecule has 1 rings (SSSR count). The van der Waals surface area contributed by atoms with Gasteiger partial charge in [0.2, 0.25) is 0 Å². The zero-order valence-corrected chi connectivity index (χ0v) is 8.68. The summed E-state index contributed by atoms with van der Waals surface area (Å²) in [6.45, 7) is 2.29. The Bertz CT molecular complexity index is 333. The minimum atomic E-state index is -0.289. The first-order valence-corrected chi connectivity index (χ1v) is 4.87. The number of ether oxygens (including phenoxy) is 1. The van der Waals surface area contributed by atoms with E-state index in [-0.39, 0.29) is 12.5 Å². The summed E-state index contributed by atoms with van der Waals surface area (Å²) in [5, 5.41) is 0. The zero-order chi connectivity index (χ0) is 11.1. The van der Waals surface area contributed by atoms with E-state index in [9.17, 15) is 9.59 Å². The minimum Gasteiger partial charge on any atom is -0.465 e. The molecule has 82 valence electrons. The molecule has 15 heavy (non-hydrogen) atoms. The Kier molecular flexibility index (Phi) is 4.53. The van der Waals surface area contributed by atoms with Crippen molar-refractivity contribution in [3.8, 4) is 0 Å². The number of hydrogen-bond donors (Lipinski definition) is 0. The van der Waals surface area contributed by atoms with Crippen molar-refractivity contribution in [3.05, 3.63) is 18.2 Å². The van der Waals surface area contributed by atoms with Crippen molar-refractivity contribution in [2.24, 2.45) is 0 Å². The van der Waals surface area contributed by atoms with Crippen molar-refractivity contribution in [1.82, 2.24) is 9.55 Å². The molecule has 1 heterocycles. The molecule has 1 aromatic rings. The highest BCUT2D eigenvalue weighted by Gasteiger charge is 2.07. The van der Waals surface area contributed by atoms with E-state index in [0.717, 1.165) is 12.1 Å². The van der Waals surface area contributed by atoms with Gasteiger partial charge in [-0.05, 0) is 6.92 Å². The highest BCUT2D eigenvalue weighted by Crippen LogP contribution is 2.01. The van der Waals surface area contributed by atoms with E-state index in [1.807, 2.05) is 0 Å². The first kappa shape index (κ1) is 11.4. The third kappa shape index (κ3) is 3.53. The molecule has 0 spiro atoms. The quantitative estimate of drug-likeness (QED) is 0.509. The molecule has 0 atom stereocenters. The van der Waals surface area contributed by atoms with E-state index >= 15 is 0 Å². The molecule has 0 aliphatic rings. The van der Waals surface area contributed by atoms with Crippen LogP contribution in [0.25, 0.3) is 0 Å². The first-order valence-electron chi connectivity index (χ1n) is 4.87. The summed E-state index contributed by atoms with van der Waals surface area (Å²) in [6, 6.07) is 0. The van der Waals surface area contributed by atoms with Crippen molar-refractivity contribution in [3.63, 3.8) is 0 Å². The van der Waals surface area contributed by atoms with Gasteiger partial charge in [-0.3, -0.25) is 4.79 Å². The van der Waals surface area contributed by atoms with Crippen LogP contribution in [0.3, 0.4) is 0 Å². The number of hydrogen-bond acceptors (Lipinski definition) is 4. The second-order valence-corrected chi connectivity index (χ2v) is 2.98. The molecule has 0 aliphatic heterocycles. The van der Waals surface area contributed by atoms with Crippen molar-refractivity contribution in [1.29, 1.82) is 0 Å². The predicted octanol–water partition coefficient (Wildman–Crippen LogP) is 0.578. The monoisotopic (exact) mass is 210 g/mol. The molecular weight excluding hydrogens is 196 g/mol. The van der Waals surface area contributed by atoms with Gasteiger partial charge in [0.1, 0.15) is 18.7 Å². The molecule has 0 saturated carbocycles. The van der Waals surface area contributed by atoms with Gasteiger partial charge in [-0.25, -0.2) is 4.98 Å². The number of imidazole rings is 1. The maximum absolute atomic E-state index is 11.2. The molecule has 0 bridgehead atoms. The number of carbonyl (C=O) groups is 2. The summed E-state index contributed by atoms with van der Waals surface area (Å²) in [4.78, 5) is 25.5. The smallest absolute Gasteiger partial charge is 0.325 e. The van der Waals surface area contributed by atoms with Crippen LogP contribution in [0.1, 0.15) is 19.2 Å². The largest absolute Gasteiger partial charge is 0.465 e. The van der Waals surface area contributed by atoms with Gasteiger partial charge in [-0.1, -0.05) is 0 Å². The maximum Gasteiger partial charge on any atom is 0.325 e. The lowest BCUT2D eigenvalue weighted by atomic mass is 10.3. The third-order valence-electron chi connectivity index (χ3n) is 1.89. The molecule has 0 unspecified atom stereocenters. The molecular formula is C10H14N2O3. The van der Waals surface area contributed by atoms with Crippen LogP contribution in [-0.4, -0.2) is 28.4 Å². The Hall–Kier alpha value is -1.65. The van der Waals surface area contributed by atoms with Crippen LogP contribution in [0.4, 0.5) is 0 Å². The molecule has 0 fully saturated rings. The van der Waals surface area contributed by atoms with Gasteiger partial charge < -0.3 is 14.1 Å². The van der Waals surface area contributed by atoms with Crippen molar-refractivity contribution < 1.29 is 14.3 Å². The van der Waals surface area contributed by atoms with E-state index in [4.69, 9.17) is 4.74 Å². The second kappa shape index (κ2) is 5.95. The molecule has 0 aliphatic carbocycles. The maximum atomic E-state index is 11.2. The van der Waals surface area contributed by atoms with Crippen molar-refractivity contribution in [2.75, 3.05) is 6.61 Å². The van der Waals surface area contributed by atoms with Gasteiger partial charge in [-0.2, -0.15) is 0 Å². The molecule has 0 N–H and O–H groups in total. The van der Waals surface area contributed by atoms with Gasteiger partial charge in [0.25, 0.3) is 0 Å². The number of nitrogens with zero attached hydrogens (tertiary/aromatic N) is 2. The lowest BCUT2D eigenvalue weighted by Crippen LogP contribution is -2.15. The number of esters is 1. The SMILES string of the molecule is CCOC(=O)Cn1ccnc1CCC=O. The summed E-state index contributed by atoms with van der Waals surface area (Å²) in [5.41, 5.74) is 0. The molecule has 5 nitrogen and oxygen atoms in total.